The normalized spacial score (nSPS) is 12.0. The number of anilines is 1. The number of thioether (sulfide) groups is 1. The largest absolute Gasteiger partial charge is 0.494 e. The predicted octanol–water partition coefficient (Wildman–Crippen LogP) is 5.23. The summed E-state index contributed by atoms with van der Waals surface area (Å²) in [5.74, 6) is 0.0751. The number of ether oxygens (including phenoxy) is 1. The number of sulfonamides is 1. The first-order valence-corrected chi connectivity index (χ1v) is 16.7. The summed E-state index contributed by atoms with van der Waals surface area (Å²) in [6.07, 6.45) is 2.43. The molecule has 8 nitrogen and oxygen atoms in total. The number of carbonyl (C=O) groups excluding carboxylic acids is 2. The Balaban J connectivity index is 1.97. The molecule has 0 unspecified atom stereocenters. The van der Waals surface area contributed by atoms with Crippen molar-refractivity contribution in [3.63, 3.8) is 0 Å². The molecule has 0 saturated heterocycles. The first kappa shape index (κ1) is 33.0. The Kier molecular flexibility index (Phi) is 12.3. The van der Waals surface area contributed by atoms with Crippen molar-refractivity contribution in [1.82, 2.24) is 10.2 Å². The average Bonchev–Trinajstić information content (AvgIpc) is 2.99. The van der Waals surface area contributed by atoms with Gasteiger partial charge >= 0.3 is 0 Å². The van der Waals surface area contributed by atoms with Crippen LogP contribution in [0.25, 0.3) is 0 Å². The zero-order valence-corrected chi connectivity index (χ0v) is 26.6. The highest BCUT2D eigenvalue weighted by Crippen LogP contribution is 2.27. The monoisotopic (exact) mass is 611 g/mol. The lowest BCUT2D eigenvalue weighted by molar-refractivity contribution is -0.138. The smallest absolute Gasteiger partial charge is 0.264 e. The van der Waals surface area contributed by atoms with E-state index in [1.807, 2.05) is 57.4 Å². The van der Waals surface area contributed by atoms with Gasteiger partial charge in [0.25, 0.3) is 10.0 Å². The van der Waals surface area contributed by atoms with Crippen LogP contribution in [0.5, 0.6) is 5.75 Å². The third kappa shape index (κ3) is 9.00. The molecule has 0 radical (unpaired) electrons. The van der Waals surface area contributed by atoms with Crippen LogP contribution in [-0.2, 0) is 26.0 Å². The minimum atomic E-state index is -4.13. The van der Waals surface area contributed by atoms with E-state index in [-0.39, 0.29) is 23.3 Å². The highest BCUT2D eigenvalue weighted by atomic mass is 32.2. The van der Waals surface area contributed by atoms with Crippen LogP contribution in [0.3, 0.4) is 0 Å². The maximum atomic E-state index is 14.0. The van der Waals surface area contributed by atoms with Gasteiger partial charge in [0.1, 0.15) is 18.3 Å². The summed E-state index contributed by atoms with van der Waals surface area (Å²) >= 11 is 1.51. The molecule has 3 aromatic rings. The Bertz CT molecular complexity index is 1400. The Morgan fingerprint density at radius 3 is 2.14 bits per heavy atom. The number of nitrogens with zero attached hydrogens (tertiary/aromatic N) is 2. The minimum Gasteiger partial charge on any atom is -0.494 e. The van der Waals surface area contributed by atoms with Crippen LogP contribution in [0.15, 0.2) is 88.7 Å². The maximum Gasteiger partial charge on any atom is 0.264 e. The molecule has 0 saturated carbocycles. The van der Waals surface area contributed by atoms with Crippen molar-refractivity contribution < 1.29 is 22.7 Å². The summed E-state index contributed by atoms with van der Waals surface area (Å²) < 4.78 is 34.6. The fraction of sp³-hybridized carbons (Fsp3) is 0.375. The summed E-state index contributed by atoms with van der Waals surface area (Å²) in [6, 6.07) is 22.0. The summed E-state index contributed by atoms with van der Waals surface area (Å²) in [4.78, 5) is 29.5. The fourth-order valence-electron chi connectivity index (χ4n) is 4.30. The van der Waals surface area contributed by atoms with E-state index in [4.69, 9.17) is 4.74 Å². The van der Waals surface area contributed by atoms with Gasteiger partial charge in [-0.3, -0.25) is 13.9 Å². The number of amides is 2. The number of rotatable bonds is 15. The van der Waals surface area contributed by atoms with Crippen LogP contribution in [0.1, 0.15) is 33.3 Å². The number of benzene rings is 3. The van der Waals surface area contributed by atoms with Crippen molar-refractivity contribution >= 4 is 39.3 Å². The van der Waals surface area contributed by atoms with Crippen molar-refractivity contribution in [3.05, 3.63) is 84.4 Å². The SMILES string of the molecule is CCOc1ccc(N(CC(=O)N(CCc2ccccc2)[C@@H](C)C(=O)NCC(C)C)S(=O)(=O)c2ccc(SC)cc2)cc1. The maximum absolute atomic E-state index is 14.0. The third-order valence-corrected chi connectivity index (χ3v) is 9.23. The highest BCUT2D eigenvalue weighted by Gasteiger charge is 2.32. The predicted molar refractivity (Wildman–Crippen MR) is 170 cm³/mol. The van der Waals surface area contributed by atoms with Crippen molar-refractivity contribution in [2.75, 3.05) is 36.8 Å². The van der Waals surface area contributed by atoms with Crippen LogP contribution in [0.4, 0.5) is 5.69 Å². The molecular formula is C32H41N3O5S2. The minimum absolute atomic E-state index is 0.0699. The Morgan fingerprint density at radius 2 is 1.57 bits per heavy atom. The first-order valence-electron chi connectivity index (χ1n) is 14.1. The van der Waals surface area contributed by atoms with Gasteiger partial charge in [-0.15, -0.1) is 11.8 Å². The molecule has 0 aliphatic rings. The molecule has 0 fully saturated rings. The van der Waals surface area contributed by atoms with Crippen LogP contribution < -0.4 is 14.4 Å². The van der Waals surface area contributed by atoms with Crippen molar-refractivity contribution in [1.29, 1.82) is 0 Å². The Hall–Kier alpha value is -3.50. The molecule has 3 aromatic carbocycles. The third-order valence-electron chi connectivity index (χ3n) is 6.70. The molecule has 0 aromatic heterocycles. The lowest BCUT2D eigenvalue weighted by Gasteiger charge is -2.32. The molecule has 0 aliphatic heterocycles. The van der Waals surface area contributed by atoms with Gasteiger partial charge in [0.2, 0.25) is 11.8 Å². The molecular weight excluding hydrogens is 571 g/mol. The second-order valence-corrected chi connectivity index (χ2v) is 13.0. The molecule has 0 aliphatic carbocycles. The lowest BCUT2D eigenvalue weighted by Crippen LogP contribution is -2.52. The van der Waals surface area contributed by atoms with E-state index < -0.39 is 28.5 Å². The van der Waals surface area contributed by atoms with E-state index in [0.29, 0.717) is 31.0 Å². The number of hydrogen-bond donors (Lipinski definition) is 1. The van der Waals surface area contributed by atoms with Crippen LogP contribution in [0, 0.1) is 5.92 Å². The molecule has 3 rings (SSSR count). The highest BCUT2D eigenvalue weighted by molar-refractivity contribution is 7.98. The fourth-order valence-corrected chi connectivity index (χ4v) is 6.12. The van der Waals surface area contributed by atoms with Crippen molar-refractivity contribution in [3.8, 4) is 5.75 Å². The van der Waals surface area contributed by atoms with Crippen molar-refractivity contribution in [2.45, 2.75) is 49.9 Å². The van der Waals surface area contributed by atoms with E-state index in [2.05, 4.69) is 5.32 Å². The molecule has 226 valence electrons. The topological polar surface area (TPSA) is 96.0 Å². The standard InChI is InChI=1S/C32H41N3O5S2/c1-6-40-28-14-12-27(13-15-28)35(42(38,39)30-18-16-29(41-5)17-19-30)23-31(36)34(21-20-26-10-8-7-9-11-26)25(4)32(37)33-22-24(2)3/h7-19,24-25H,6,20-23H2,1-5H3,(H,33,37)/t25-/m0/s1. The van der Waals surface area contributed by atoms with Gasteiger partial charge in [-0.1, -0.05) is 44.2 Å². The summed E-state index contributed by atoms with van der Waals surface area (Å²) in [7, 11) is -4.13. The van der Waals surface area contributed by atoms with Gasteiger partial charge in [0.05, 0.1) is 17.2 Å². The summed E-state index contributed by atoms with van der Waals surface area (Å²) in [5.41, 5.74) is 1.33. The molecule has 1 N–H and O–H groups in total. The van der Waals surface area contributed by atoms with E-state index in [1.54, 1.807) is 55.5 Å². The summed E-state index contributed by atoms with van der Waals surface area (Å²) in [6.45, 7) is 8.25. The molecule has 0 bridgehead atoms. The number of carbonyl (C=O) groups is 2. The second kappa shape index (κ2) is 15.7. The number of hydrogen-bond acceptors (Lipinski definition) is 6. The van der Waals surface area contributed by atoms with Gasteiger partial charge in [-0.2, -0.15) is 0 Å². The molecule has 0 heterocycles. The molecule has 42 heavy (non-hydrogen) atoms. The van der Waals surface area contributed by atoms with Crippen LogP contribution in [0.2, 0.25) is 0 Å². The Morgan fingerprint density at radius 1 is 0.929 bits per heavy atom. The second-order valence-electron chi connectivity index (χ2n) is 10.3. The average molecular weight is 612 g/mol. The van der Waals surface area contributed by atoms with Gasteiger partial charge in [-0.25, -0.2) is 8.42 Å². The molecule has 0 spiro atoms. The van der Waals surface area contributed by atoms with E-state index in [9.17, 15) is 18.0 Å². The number of nitrogens with one attached hydrogen (secondary N) is 1. The van der Waals surface area contributed by atoms with E-state index in [1.165, 1.54) is 16.7 Å². The van der Waals surface area contributed by atoms with Gasteiger partial charge in [0, 0.05) is 18.0 Å². The quantitative estimate of drug-likeness (QED) is 0.236. The molecule has 1 atom stereocenters. The van der Waals surface area contributed by atoms with Gasteiger partial charge in [0.15, 0.2) is 0 Å². The molecule has 2 amide bonds. The molecule has 10 heteroatoms. The lowest BCUT2D eigenvalue weighted by atomic mass is 10.1. The first-order chi connectivity index (χ1) is 20.1. The zero-order valence-electron chi connectivity index (χ0n) is 24.9. The Labute approximate surface area is 254 Å². The van der Waals surface area contributed by atoms with Crippen LogP contribution in [-0.4, -0.2) is 63.7 Å². The summed E-state index contributed by atoms with van der Waals surface area (Å²) in [5, 5.41) is 2.90. The van der Waals surface area contributed by atoms with Gasteiger partial charge in [-0.05, 0) is 86.5 Å². The van der Waals surface area contributed by atoms with Crippen LogP contribution >= 0.6 is 11.8 Å². The zero-order chi connectivity index (χ0) is 30.7. The van der Waals surface area contributed by atoms with Crippen molar-refractivity contribution in [2.24, 2.45) is 5.92 Å². The van der Waals surface area contributed by atoms with E-state index in [0.717, 1.165) is 14.8 Å². The van der Waals surface area contributed by atoms with Gasteiger partial charge < -0.3 is 15.0 Å². The van der Waals surface area contributed by atoms with E-state index >= 15 is 0 Å².